The summed E-state index contributed by atoms with van der Waals surface area (Å²) >= 11 is 0. The molecule has 260 valence electrons. The molecular weight excluding hydrogens is 636 g/mol. The molecule has 2 saturated heterocycles. The maximum atomic E-state index is 12.4. The third-order valence-electron chi connectivity index (χ3n) is 10.8. The Morgan fingerprint density at radius 2 is 1.88 bits per heavy atom. The Morgan fingerprint density at radius 1 is 1.04 bits per heavy atom. The van der Waals surface area contributed by atoms with E-state index in [2.05, 4.69) is 37.0 Å². The molecule has 4 aromatic heterocycles. The van der Waals surface area contributed by atoms with E-state index >= 15 is 0 Å². The molecule has 1 atom stereocenters. The molecule has 2 fully saturated rings. The minimum absolute atomic E-state index is 0.0242. The van der Waals surface area contributed by atoms with Crippen LogP contribution in [-0.4, -0.2) is 94.5 Å². The van der Waals surface area contributed by atoms with Crippen molar-refractivity contribution in [2.75, 3.05) is 37.7 Å². The van der Waals surface area contributed by atoms with Gasteiger partial charge in [0.05, 0.1) is 29.2 Å². The normalized spacial score (nSPS) is 19.7. The Kier molecular flexibility index (Phi) is 8.85. The molecule has 50 heavy (non-hydrogen) atoms. The Hall–Kier alpha value is -4.98. The Labute approximate surface area is 290 Å². The summed E-state index contributed by atoms with van der Waals surface area (Å²) in [6, 6.07) is 3.56. The number of aryl methyl sites for hydroxylation is 1. The largest absolute Gasteiger partial charge is 0.476 e. The van der Waals surface area contributed by atoms with Crippen molar-refractivity contribution < 1.29 is 19.4 Å². The lowest BCUT2D eigenvalue weighted by atomic mass is 9.85. The zero-order valence-corrected chi connectivity index (χ0v) is 28.3. The molecule has 14 heteroatoms. The fraction of sp³-hybridized carbons (Fsp3) is 0.500. The second kappa shape index (κ2) is 13.7. The SMILES string of the molecule is CC(=O)N1CCc2c(c(C3CC=Cc4nc(-c5cnn(CCC6CCN(c7ccc(C(=O)O)nn7)CC6)c5)ncc43)nn2C2CCOCC2)C1. The number of aromatic nitrogens is 8. The monoisotopic (exact) mass is 678 g/mol. The van der Waals surface area contributed by atoms with Crippen LogP contribution in [0.25, 0.3) is 17.5 Å². The van der Waals surface area contributed by atoms with Gasteiger partial charge in [0.2, 0.25) is 5.91 Å². The van der Waals surface area contributed by atoms with Gasteiger partial charge in [-0.1, -0.05) is 6.08 Å². The first kappa shape index (κ1) is 32.2. The van der Waals surface area contributed by atoms with E-state index in [4.69, 9.17) is 24.9 Å². The van der Waals surface area contributed by atoms with Crippen molar-refractivity contribution in [1.29, 1.82) is 0 Å². The second-order valence-corrected chi connectivity index (χ2v) is 13.8. The molecule has 4 aliphatic rings. The summed E-state index contributed by atoms with van der Waals surface area (Å²) in [6.45, 7) is 6.99. The van der Waals surface area contributed by atoms with Gasteiger partial charge >= 0.3 is 5.97 Å². The number of hydrogen-bond donors (Lipinski definition) is 1. The number of carboxylic acid groups (broad SMARTS) is 1. The van der Waals surface area contributed by atoms with Gasteiger partial charge in [-0.25, -0.2) is 14.8 Å². The van der Waals surface area contributed by atoms with E-state index in [0.717, 1.165) is 113 Å². The lowest BCUT2D eigenvalue weighted by Crippen LogP contribution is -2.35. The number of aromatic carboxylic acids is 1. The second-order valence-electron chi connectivity index (χ2n) is 13.8. The van der Waals surface area contributed by atoms with Gasteiger partial charge < -0.3 is 19.6 Å². The van der Waals surface area contributed by atoms with Crippen LogP contribution in [0.5, 0.6) is 0 Å². The van der Waals surface area contributed by atoms with Gasteiger partial charge in [-0.05, 0) is 62.7 Å². The van der Waals surface area contributed by atoms with Crippen LogP contribution in [0.3, 0.4) is 0 Å². The van der Waals surface area contributed by atoms with Crippen LogP contribution in [0.1, 0.15) is 96.1 Å². The maximum absolute atomic E-state index is 12.4. The van der Waals surface area contributed by atoms with Crippen molar-refractivity contribution in [3.63, 3.8) is 0 Å². The highest BCUT2D eigenvalue weighted by Crippen LogP contribution is 2.40. The molecule has 1 amide bonds. The number of allylic oxidation sites excluding steroid dienone is 1. The summed E-state index contributed by atoms with van der Waals surface area (Å²) in [5.74, 6) is 0.994. The minimum atomic E-state index is -1.07. The van der Waals surface area contributed by atoms with Crippen LogP contribution in [0.15, 0.2) is 36.8 Å². The van der Waals surface area contributed by atoms with Crippen molar-refractivity contribution in [2.24, 2.45) is 5.92 Å². The molecule has 14 nitrogen and oxygen atoms in total. The fourth-order valence-electron chi connectivity index (χ4n) is 7.87. The molecule has 0 saturated carbocycles. The van der Waals surface area contributed by atoms with Crippen molar-refractivity contribution in [3.8, 4) is 11.4 Å². The Balaban J connectivity index is 0.944. The van der Waals surface area contributed by atoms with Crippen molar-refractivity contribution in [2.45, 2.75) is 76.9 Å². The number of carboxylic acids is 1. The summed E-state index contributed by atoms with van der Waals surface area (Å²) in [5.41, 5.74) is 6.31. The van der Waals surface area contributed by atoms with Gasteiger partial charge in [0.25, 0.3) is 0 Å². The standard InChI is InChI=1S/C36H42N10O4/c1-23(47)44-15-10-32-29(22-44)34(42-46(32)26-11-17-50-18-12-26)27-3-2-4-30-28(27)20-37-35(39-30)25-19-38-45(21-25)16-9-24-7-13-43(14-8-24)33-6-5-31(36(48)49)40-41-33/h2,4-6,19-21,24,26-27H,3,7-18,22H2,1H3,(H,48,49). The highest BCUT2D eigenvalue weighted by molar-refractivity contribution is 5.85. The van der Waals surface area contributed by atoms with E-state index in [1.165, 1.54) is 17.3 Å². The van der Waals surface area contributed by atoms with Crippen LogP contribution >= 0.6 is 0 Å². The number of amides is 1. The zero-order chi connectivity index (χ0) is 34.2. The minimum Gasteiger partial charge on any atom is -0.476 e. The van der Waals surface area contributed by atoms with Crippen molar-refractivity contribution >= 4 is 23.8 Å². The van der Waals surface area contributed by atoms with Gasteiger partial charge in [-0.15, -0.1) is 10.2 Å². The fourth-order valence-corrected chi connectivity index (χ4v) is 7.87. The average Bonchev–Trinajstić information content (AvgIpc) is 3.79. The molecule has 7 heterocycles. The van der Waals surface area contributed by atoms with Gasteiger partial charge in [0.15, 0.2) is 17.3 Å². The average molecular weight is 679 g/mol. The van der Waals surface area contributed by atoms with E-state index in [1.54, 1.807) is 13.0 Å². The molecule has 4 aromatic rings. The molecule has 3 aliphatic heterocycles. The summed E-state index contributed by atoms with van der Waals surface area (Å²) in [4.78, 5) is 37.4. The van der Waals surface area contributed by atoms with Crippen molar-refractivity contribution in [1.82, 2.24) is 44.6 Å². The third kappa shape index (κ3) is 6.39. The molecule has 0 bridgehead atoms. The van der Waals surface area contributed by atoms with Crippen LogP contribution < -0.4 is 4.90 Å². The Morgan fingerprint density at radius 3 is 2.64 bits per heavy atom. The van der Waals surface area contributed by atoms with Gasteiger partial charge in [0, 0.05) is 94.4 Å². The number of anilines is 1. The Bertz CT molecular complexity index is 1900. The predicted molar refractivity (Wildman–Crippen MR) is 183 cm³/mol. The molecule has 1 aliphatic carbocycles. The van der Waals surface area contributed by atoms with E-state index in [1.807, 2.05) is 28.2 Å². The molecule has 0 aromatic carbocycles. The van der Waals surface area contributed by atoms with Gasteiger partial charge in [-0.2, -0.15) is 10.2 Å². The molecular formula is C36H42N10O4. The van der Waals surface area contributed by atoms with Crippen molar-refractivity contribution in [3.05, 3.63) is 70.7 Å². The van der Waals surface area contributed by atoms with E-state index in [-0.39, 0.29) is 17.5 Å². The molecule has 1 unspecified atom stereocenters. The first-order chi connectivity index (χ1) is 24.4. The number of carbonyl (C=O) groups is 2. The zero-order valence-electron chi connectivity index (χ0n) is 28.3. The first-order valence-electron chi connectivity index (χ1n) is 17.7. The molecule has 0 radical (unpaired) electrons. The van der Waals surface area contributed by atoms with E-state index < -0.39 is 5.97 Å². The number of hydrogen-bond acceptors (Lipinski definition) is 10. The van der Waals surface area contributed by atoms with Crippen LogP contribution in [0, 0.1) is 5.92 Å². The smallest absolute Gasteiger partial charge is 0.356 e. The molecule has 1 N–H and O–H groups in total. The maximum Gasteiger partial charge on any atom is 0.356 e. The number of carbonyl (C=O) groups excluding carboxylic acids is 1. The number of piperidine rings is 1. The quantitative estimate of drug-likeness (QED) is 0.286. The summed E-state index contributed by atoms with van der Waals surface area (Å²) in [5, 5.41) is 26.9. The van der Waals surface area contributed by atoms with E-state index in [9.17, 15) is 9.59 Å². The highest BCUT2D eigenvalue weighted by Gasteiger charge is 2.34. The highest BCUT2D eigenvalue weighted by atomic mass is 16.5. The molecule has 0 spiro atoms. The summed E-state index contributed by atoms with van der Waals surface area (Å²) < 4.78 is 9.89. The molecule has 8 rings (SSSR count). The van der Waals surface area contributed by atoms with Crippen LogP contribution in [0.4, 0.5) is 5.82 Å². The predicted octanol–water partition coefficient (Wildman–Crippen LogP) is 4.14. The van der Waals surface area contributed by atoms with Gasteiger partial charge in [0.1, 0.15) is 0 Å². The number of nitrogens with zero attached hydrogens (tertiary/aromatic N) is 10. The van der Waals surface area contributed by atoms with Gasteiger partial charge in [-0.3, -0.25) is 14.2 Å². The lowest BCUT2D eigenvalue weighted by Gasteiger charge is -2.32. The summed E-state index contributed by atoms with van der Waals surface area (Å²) in [7, 11) is 0. The third-order valence-corrected chi connectivity index (χ3v) is 10.8. The van der Waals surface area contributed by atoms with Crippen LogP contribution in [0.2, 0.25) is 0 Å². The summed E-state index contributed by atoms with van der Waals surface area (Å²) in [6.07, 6.45) is 16.7. The number of fused-ring (bicyclic) bond motifs is 2. The number of ether oxygens (including phenoxy) is 1. The number of rotatable bonds is 8. The lowest BCUT2D eigenvalue weighted by molar-refractivity contribution is -0.129. The van der Waals surface area contributed by atoms with Crippen LogP contribution in [-0.2, 0) is 29.0 Å². The van der Waals surface area contributed by atoms with E-state index in [0.29, 0.717) is 24.3 Å². The first-order valence-corrected chi connectivity index (χ1v) is 17.7. The topological polar surface area (TPSA) is 157 Å².